The van der Waals surface area contributed by atoms with Crippen LogP contribution in [0.4, 0.5) is 0 Å². The zero-order chi connectivity index (χ0) is 23.4. The highest BCUT2D eigenvalue weighted by Crippen LogP contribution is 2.36. The van der Waals surface area contributed by atoms with Crippen LogP contribution in [0.25, 0.3) is 17.3 Å². The lowest BCUT2D eigenvalue weighted by molar-refractivity contribution is -0.147. The minimum atomic E-state index is -1.05. The van der Waals surface area contributed by atoms with Crippen molar-refractivity contribution in [2.75, 3.05) is 0 Å². The number of rotatable bonds is 8. The maximum Gasteiger partial charge on any atom is 0.327 e. The SMILES string of the molecule is CC[C@@H](C)[C@@H](C(=O)O)N1C(=O)/C(=C\c2ccc(-c3ccc(OC(C)C)cc3)nc2)SC1=S. The number of benzene rings is 1. The summed E-state index contributed by atoms with van der Waals surface area (Å²) < 4.78 is 5.93. The molecule has 0 saturated carbocycles. The van der Waals surface area contributed by atoms with Gasteiger partial charge in [-0.05, 0) is 61.7 Å². The summed E-state index contributed by atoms with van der Waals surface area (Å²) >= 11 is 6.45. The van der Waals surface area contributed by atoms with Crippen molar-refractivity contribution in [1.29, 1.82) is 0 Å². The molecule has 1 aliphatic rings. The molecule has 2 aromatic rings. The molecule has 1 aliphatic heterocycles. The number of hydrogen-bond acceptors (Lipinski definition) is 6. The number of nitrogens with zero attached hydrogens (tertiary/aromatic N) is 2. The molecule has 1 aromatic heterocycles. The number of ether oxygens (including phenoxy) is 1. The average Bonchev–Trinajstić information content (AvgIpc) is 3.02. The first-order valence-corrected chi connectivity index (χ1v) is 11.7. The number of pyridine rings is 1. The van der Waals surface area contributed by atoms with Crippen LogP contribution >= 0.6 is 24.0 Å². The van der Waals surface area contributed by atoms with Gasteiger partial charge in [0.15, 0.2) is 0 Å². The van der Waals surface area contributed by atoms with Crippen LogP contribution in [0.2, 0.25) is 0 Å². The van der Waals surface area contributed by atoms with Gasteiger partial charge in [-0.25, -0.2) is 4.79 Å². The van der Waals surface area contributed by atoms with Gasteiger partial charge in [0.2, 0.25) is 0 Å². The van der Waals surface area contributed by atoms with Gasteiger partial charge in [-0.2, -0.15) is 0 Å². The minimum Gasteiger partial charge on any atom is -0.491 e. The second kappa shape index (κ2) is 10.3. The van der Waals surface area contributed by atoms with Gasteiger partial charge in [0, 0.05) is 11.8 Å². The van der Waals surface area contributed by atoms with E-state index in [0.717, 1.165) is 34.3 Å². The van der Waals surface area contributed by atoms with Gasteiger partial charge >= 0.3 is 5.97 Å². The van der Waals surface area contributed by atoms with Gasteiger partial charge < -0.3 is 9.84 Å². The maximum atomic E-state index is 12.9. The zero-order valence-electron chi connectivity index (χ0n) is 18.4. The Hall–Kier alpha value is -2.71. The van der Waals surface area contributed by atoms with Crippen LogP contribution in [0.15, 0.2) is 47.5 Å². The topological polar surface area (TPSA) is 79.7 Å². The standard InChI is InChI=1S/C24H26N2O4S2/c1-5-15(4)21(23(28)29)26-22(27)20(32-24(26)31)12-16-6-11-19(25-13-16)17-7-9-18(10-8-17)30-14(2)3/h6-15,21H,5H2,1-4H3,(H,28,29)/b20-12+/t15-,21+/m1/s1. The molecule has 2 atom stereocenters. The van der Waals surface area contributed by atoms with Crippen molar-refractivity contribution < 1.29 is 19.4 Å². The summed E-state index contributed by atoms with van der Waals surface area (Å²) in [5, 5.41) is 9.65. The van der Waals surface area contributed by atoms with Crippen molar-refractivity contribution in [3.63, 3.8) is 0 Å². The fraction of sp³-hybridized carbons (Fsp3) is 0.333. The van der Waals surface area contributed by atoms with E-state index in [-0.39, 0.29) is 22.2 Å². The Bertz CT molecular complexity index is 1030. The van der Waals surface area contributed by atoms with Crippen molar-refractivity contribution in [3.8, 4) is 17.0 Å². The number of aromatic nitrogens is 1. The van der Waals surface area contributed by atoms with E-state index < -0.39 is 12.0 Å². The van der Waals surface area contributed by atoms with Crippen LogP contribution in [0.3, 0.4) is 0 Å². The minimum absolute atomic E-state index is 0.113. The van der Waals surface area contributed by atoms with Gasteiger partial charge in [0.1, 0.15) is 16.1 Å². The second-order valence-corrected chi connectivity index (χ2v) is 9.56. The Labute approximate surface area is 197 Å². The molecule has 0 radical (unpaired) electrons. The molecule has 168 valence electrons. The first-order valence-electron chi connectivity index (χ1n) is 10.4. The van der Waals surface area contributed by atoms with Crippen LogP contribution in [0, 0.1) is 5.92 Å². The Morgan fingerprint density at radius 3 is 2.44 bits per heavy atom. The van der Waals surface area contributed by atoms with Gasteiger partial charge in [0.05, 0.1) is 16.7 Å². The molecule has 0 bridgehead atoms. The highest BCUT2D eigenvalue weighted by atomic mass is 32.2. The molecule has 1 saturated heterocycles. The van der Waals surface area contributed by atoms with E-state index in [2.05, 4.69) is 4.98 Å². The second-order valence-electron chi connectivity index (χ2n) is 7.89. The third-order valence-corrected chi connectivity index (χ3v) is 6.47. The summed E-state index contributed by atoms with van der Waals surface area (Å²) in [4.78, 5) is 30.9. The molecular weight excluding hydrogens is 444 g/mol. The molecule has 0 spiro atoms. The number of aliphatic carboxylic acids is 1. The van der Waals surface area contributed by atoms with Gasteiger partial charge in [-0.15, -0.1) is 0 Å². The molecule has 3 rings (SSSR count). The molecule has 6 nitrogen and oxygen atoms in total. The lowest BCUT2D eigenvalue weighted by atomic mass is 9.98. The van der Waals surface area contributed by atoms with E-state index in [1.54, 1.807) is 12.3 Å². The summed E-state index contributed by atoms with van der Waals surface area (Å²) in [6, 6.07) is 10.5. The smallest absolute Gasteiger partial charge is 0.327 e. The molecule has 8 heteroatoms. The van der Waals surface area contributed by atoms with Crippen molar-refractivity contribution in [2.45, 2.75) is 46.3 Å². The van der Waals surface area contributed by atoms with Crippen molar-refractivity contribution >= 4 is 46.3 Å². The normalized spacial score (nSPS) is 17.2. The number of amides is 1. The summed E-state index contributed by atoms with van der Waals surface area (Å²) in [6.07, 6.45) is 4.13. The van der Waals surface area contributed by atoms with E-state index in [1.807, 2.05) is 64.1 Å². The zero-order valence-corrected chi connectivity index (χ0v) is 20.1. The Kier molecular flexibility index (Phi) is 7.69. The van der Waals surface area contributed by atoms with Crippen LogP contribution in [-0.4, -0.2) is 43.3 Å². The highest BCUT2D eigenvalue weighted by molar-refractivity contribution is 8.26. The van der Waals surface area contributed by atoms with E-state index in [1.165, 1.54) is 4.90 Å². The molecule has 0 unspecified atom stereocenters. The van der Waals surface area contributed by atoms with E-state index in [4.69, 9.17) is 17.0 Å². The van der Waals surface area contributed by atoms with Crippen LogP contribution in [-0.2, 0) is 9.59 Å². The average molecular weight is 471 g/mol. The number of carbonyl (C=O) groups excluding carboxylic acids is 1. The van der Waals surface area contributed by atoms with Crippen molar-refractivity contribution in [3.05, 3.63) is 53.1 Å². The number of hydrogen-bond donors (Lipinski definition) is 1. The van der Waals surface area contributed by atoms with Crippen molar-refractivity contribution in [2.24, 2.45) is 5.92 Å². The lowest BCUT2D eigenvalue weighted by Crippen LogP contribution is -2.47. The molecule has 1 fully saturated rings. The molecular formula is C24H26N2O4S2. The van der Waals surface area contributed by atoms with Crippen LogP contribution < -0.4 is 4.74 Å². The number of carboxylic acids is 1. The van der Waals surface area contributed by atoms with E-state index in [0.29, 0.717) is 11.3 Å². The fourth-order valence-electron chi connectivity index (χ4n) is 3.34. The predicted molar refractivity (Wildman–Crippen MR) is 131 cm³/mol. The summed E-state index contributed by atoms with van der Waals surface area (Å²) in [6.45, 7) is 7.67. The third-order valence-electron chi connectivity index (χ3n) is 5.14. The largest absolute Gasteiger partial charge is 0.491 e. The molecule has 1 N–H and O–H groups in total. The fourth-order valence-corrected chi connectivity index (χ4v) is 4.67. The number of thiocarbonyl (C=S) groups is 1. The Balaban J connectivity index is 1.78. The molecule has 0 aliphatic carbocycles. The molecule has 2 heterocycles. The predicted octanol–water partition coefficient (Wildman–Crippen LogP) is 5.24. The lowest BCUT2D eigenvalue weighted by Gasteiger charge is -2.27. The van der Waals surface area contributed by atoms with Crippen LogP contribution in [0.5, 0.6) is 5.75 Å². The summed E-state index contributed by atoms with van der Waals surface area (Å²) in [7, 11) is 0. The monoisotopic (exact) mass is 470 g/mol. The Morgan fingerprint density at radius 2 is 1.91 bits per heavy atom. The Morgan fingerprint density at radius 1 is 1.22 bits per heavy atom. The first kappa shape index (κ1) is 23.9. The third kappa shape index (κ3) is 5.37. The number of carbonyl (C=O) groups is 2. The summed E-state index contributed by atoms with van der Waals surface area (Å²) in [5.41, 5.74) is 2.50. The van der Waals surface area contributed by atoms with Crippen LogP contribution in [0.1, 0.15) is 39.7 Å². The van der Waals surface area contributed by atoms with Gasteiger partial charge in [0.25, 0.3) is 5.91 Å². The first-order chi connectivity index (χ1) is 15.2. The maximum absolute atomic E-state index is 12.9. The quantitative estimate of drug-likeness (QED) is 0.418. The highest BCUT2D eigenvalue weighted by Gasteiger charge is 2.42. The summed E-state index contributed by atoms with van der Waals surface area (Å²) in [5.74, 6) is -0.836. The van der Waals surface area contributed by atoms with Gasteiger partial charge in [-0.3, -0.25) is 14.7 Å². The molecule has 1 aromatic carbocycles. The number of carboxylic acid groups (broad SMARTS) is 1. The van der Waals surface area contributed by atoms with E-state index in [9.17, 15) is 14.7 Å². The van der Waals surface area contributed by atoms with Gasteiger partial charge in [-0.1, -0.05) is 50.3 Å². The van der Waals surface area contributed by atoms with E-state index >= 15 is 0 Å². The number of thioether (sulfide) groups is 1. The molecule has 32 heavy (non-hydrogen) atoms. The van der Waals surface area contributed by atoms with Crippen molar-refractivity contribution in [1.82, 2.24) is 9.88 Å². The molecule has 1 amide bonds.